The van der Waals surface area contributed by atoms with Crippen LogP contribution < -0.4 is 0 Å². The monoisotopic (exact) mass is 280 g/mol. The molecule has 0 radical (unpaired) electrons. The number of nitriles is 1. The maximum atomic E-state index is 13.3. The Bertz CT molecular complexity index is 846. The predicted molar refractivity (Wildman–Crippen MR) is 78.1 cm³/mol. The second-order valence-corrected chi connectivity index (χ2v) is 4.92. The van der Waals surface area contributed by atoms with Crippen LogP contribution in [0.2, 0.25) is 0 Å². The van der Waals surface area contributed by atoms with Crippen LogP contribution in [0, 0.1) is 17.1 Å². The first-order valence-corrected chi connectivity index (χ1v) is 6.58. The van der Waals surface area contributed by atoms with Gasteiger partial charge in [-0.1, -0.05) is 18.2 Å². The molecule has 0 saturated heterocycles. The van der Waals surface area contributed by atoms with Crippen molar-refractivity contribution in [2.75, 3.05) is 0 Å². The lowest BCUT2D eigenvalue weighted by molar-refractivity contribution is 0.282. The summed E-state index contributed by atoms with van der Waals surface area (Å²) in [5, 5.41) is 19.2. The normalized spacial score (nSPS) is 10.7. The maximum Gasteiger partial charge on any atom is 0.140 e. The molecule has 0 fully saturated rings. The second kappa shape index (κ2) is 5.39. The Hall–Kier alpha value is -2.64. The van der Waals surface area contributed by atoms with E-state index in [1.54, 1.807) is 12.1 Å². The van der Waals surface area contributed by atoms with E-state index in [1.807, 2.05) is 41.1 Å². The Labute approximate surface area is 121 Å². The zero-order valence-electron chi connectivity index (χ0n) is 11.3. The highest BCUT2D eigenvalue weighted by atomic mass is 19.1. The third-order valence-electron chi connectivity index (χ3n) is 3.53. The molecule has 0 aliphatic carbocycles. The van der Waals surface area contributed by atoms with E-state index in [0.717, 1.165) is 22.0 Å². The smallest absolute Gasteiger partial charge is 0.140 e. The molecule has 0 unspecified atom stereocenters. The van der Waals surface area contributed by atoms with Gasteiger partial charge in [0.2, 0.25) is 0 Å². The molecule has 0 bridgehead atoms. The molecule has 0 spiro atoms. The molecule has 104 valence electrons. The van der Waals surface area contributed by atoms with Gasteiger partial charge in [0.1, 0.15) is 11.9 Å². The second-order valence-electron chi connectivity index (χ2n) is 4.92. The lowest BCUT2D eigenvalue weighted by Gasteiger charge is -2.07. The Morgan fingerprint density at radius 3 is 2.67 bits per heavy atom. The minimum atomic E-state index is -0.499. The third-order valence-corrected chi connectivity index (χ3v) is 3.53. The van der Waals surface area contributed by atoms with Crippen LogP contribution >= 0.6 is 0 Å². The first kappa shape index (κ1) is 13.3. The summed E-state index contributed by atoms with van der Waals surface area (Å²) in [4.78, 5) is 0. The molecule has 3 aromatic rings. The van der Waals surface area contributed by atoms with E-state index in [-0.39, 0.29) is 12.2 Å². The quantitative estimate of drug-likeness (QED) is 0.801. The number of hydrogen-bond donors (Lipinski definition) is 1. The fraction of sp³-hybridized carbons (Fsp3) is 0.118. The Morgan fingerprint density at radius 1 is 1.10 bits per heavy atom. The number of nitrogens with zero attached hydrogens (tertiary/aromatic N) is 2. The number of halogens is 1. The molecular formula is C17H13FN2O. The molecule has 3 nitrogen and oxygen atoms in total. The Kier molecular flexibility index (Phi) is 3.43. The van der Waals surface area contributed by atoms with Crippen LogP contribution in [0.5, 0.6) is 0 Å². The van der Waals surface area contributed by atoms with Gasteiger partial charge in [-0.05, 0) is 40.8 Å². The molecular weight excluding hydrogens is 267 g/mol. The minimum absolute atomic E-state index is 0.00372. The van der Waals surface area contributed by atoms with Crippen molar-refractivity contribution in [2.24, 2.45) is 0 Å². The summed E-state index contributed by atoms with van der Waals surface area (Å²) in [5.74, 6) is -0.499. The predicted octanol–water partition coefficient (Wildman–Crippen LogP) is 3.19. The molecule has 4 heteroatoms. The van der Waals surface area contributed by atoms with Crippen molar-refractivity contribution in [3.05, 3.63) is 71.2 Å². The zero-order chi connectivity index (χ0) is 14.8. The van der Waals surface area contributed by atoms with Crippen molar-refractivity contribution < 1.29 is 9.50 Å². The van der Waals surface area contributed by atoms with Crippen LogP contribution in [-0.2, 0) is 13.2 Å². The van der Waals surface area contributed by atoms with E-state index >= 15 is 0 Å². The minimum Gasteiger partial charge on any atom is -0.392 e. The van der Waals surface area contributed by atoms with Crippen molar-refractivity contribution in [1.29, 1.82) is 5.26 Å². The third kappa shape index (κ3) is 2.51. The summed E-state index contributed by atoms with van der Waals surface area (Å²) in [7, 11) is 0. The van der Waals surface area contributed by atoms with Crippen molar-refractivity contribution in [2.45, 2.75) is 13.2 Å². The summed E-state index contributed by atoms with van der Waals surface area (Å²) in [6, 6.07) is 14.2. The number of aromatic nitrogens is 1. The van der Waals surface area contributed by atoms with E-state index in [4.69, 9.17) is 5.26 Å². The largest absolute Gasteiger partial charge is 0.392 e. The van der Waals surface area contributed by atoms with Crippen LogP contribution in [0.15, 0.2) is 48.7 Å². The molecule has 0 amide bonds. The van der Waals surface area contributed by atoms with Crippen molar-refractivity contribution in [3.63, 3.8) is 0 Å². The maximum absolute atomic E-state index is 13.3. The van der Waals surface area contributed by atoms with Crippen molar-refractivity contribution >= 4 is 10.9 Å². The summed E-state index contributed by atoms with van der Waals surface area (Å²) < 4.78 is 15.4. The fourth-order valence-electron chi connectivity index (χ4n) is 2.42. The van der Waals surface area contributed by atoms with E-state index in [9.17, 15) is 9.50 Å². The van der Waals surface area contributed by atoms with Gasteiger partial charge in [-0.2, -0.15) is 5.26 Å². The van der Waals surface area contributed by atoms with Crippen molar-refractivity contribution in [1.82, 2.24) is 4.57 Å². The van der Waals surface area contributed by atoms with Crippen LogP contribution in [0.1, 0.15) is 16.7 Å². The summed E-state index contributed by atoms with van der Waals surface area (Å²) >= 11 is 0. The van der Waals surface area contributed by atoms with Crippen LogP contribution in [0.4, 0.5) is 4.39 Å². The van der Waals surface area contributed by atoms with Crippen LogP contribution in [0.3, 0.4) is 0 Å². The zero-order valence-corrected chi connectivity index (χ0v) is 11.3. The lowest BCUT2D eigenvalue weighted by atomic mass is 10.1. The van der Waals surface area contributed by atoms with Crippen LogP contribution in [-0.4, -0.2) is 9.67 Å². The van der Waals surface area contributed by atoms with Gasteiger partial charge < -0.3 is 9.67 Å². The van der Waals surface area contributed by atoms with Gasteiger partial charge in [0.15, 0.2) is 0 Å². The lowest BCUT2D eigenvalue weighted by Crippen LogP contribution is -1.99. The van der Waals surface area contributed by atoms with Crippen molar-refractivity contribution in [3.8, 4) is 6.07 Å². The molecule has 0 saturated carbocycles. The highest BCUT2D eigenvalue weighted by Gasteiger charge is 2.06. The topological polar surface area (TPSA) is 49.0 Å². The molecule has 3 rings (SSSR count). The number of aliphatic hydroxyl groups is 1. The average Bonchev–Trinajstić information content (AvgIpc) is 2.91. The Balaban J connectivity index is 2.00. The number of benzene rings is 2. The van der Waals surface area contributed by atoms with Gasteiger partial charge in [0, 0.05) is 18.3 Å². The van der Waals surface area contributed by atoms with E-state index in [1.165, 1.54) is 6.07 Å². The number of aliphatic hydroxyl groups excluding tert-OH is 1. The summed E-state index contributed by atoms with van der Waals surface area (Å²) in [5.41, 5.74) is 2.77. The number of fused-ring (bicyclic) bond motifs is 1. The molecule has 1 aromatic heterocycles. The summed E-state index contributed by atoms with van der Waals surface area (Å²) in [6.07, 6.45) is 1.95. The standard InChI is InChI=1S/C17H13FN2O/c18-16-4-2-12(7-15(16)9-19)10-20-6-5-14-3-1-13(11-21)8-17(14)20/h1-8,21H,10-11H2. The van der Waals surface area contributed by atoms with Gasteiger partial charge in [-0.3, -0.25) is 0 Å². The fourth-order valence-corrected chi connectivity index (χ4v) is 2.42. The summed E-state index contributed by atoms with van der Waals surface area (Å²) in [6.45, 7) is 0.545. The number of rotatable bonds is 3. The van der Waals surface area contributed by atoms with E-state index in [0.29, 0.717) is 6.54 Å². The molecule has 2 aromatic carbocycles. The van der Waals surface area contributed by atoms with E-state index in [2.05, 4.69) is 0 Å². The molecule has 21 heavy (non-hydrogen) atoms. The average molecular weight is 280 g/mol. The molecule has 1 heterocycles. The molecule has 1 N–H and O–H groups in total. The number of hydrogen-bond acceptors (Lipinski definition) is 2. The first-order valence-electron chi connectivity index (χ1n) is 6.58. The van der Waals surface area contributed by atoms with Gasteiger partial charge in [-0.15, -0.1) is 0 Å². The highest BCUT2D eigenvalue weighted by molar-refractivity contribution is 5.80. The molecule has 0 atom stereocenters. The highest BCUT2D eigenvalue weighted by Crippen LogP contribution is 2.20. The molecule has 0 aliphatic rings. The van der Waals surface area contributed by atoms with Gasteiger partial charge in [0.25, 0.3) is 0 Å². The van der Waals surface area contributed by atoms with Gasteiger partial charge in [0.05, 0.1) is 12.2 Å². The Morgan fingerprint density at radius 2 is 1.90 bits per heavy atom. The SMILES string of the molecule is N#Cc1cc(Cn2ccc3ccc(CO)cc32)ccc1F. The van der Waals surface area contributed by atoms with Crippen LogP contribution in [0.25, 0.3) is 10.9 Å². The molecule has 0 aliphatic heterocycles. The van der Waals surface area contributed by atoms with E-state index < -0.39 is 5.82 Å². The van der Waals surface area contributed by atoms with Gasteiger partial charge in [-0.25, -0.2) is 4.39 Å². The van der Waals surface area contributed by atoms with Gasteiger partial charge >= 0.3 is 0 Å². The first-order chi connectivity index (χ1) is 10.2.